The van der Waals surface area contributed by atoms with E-state index in [-0.39, 0.29) is 30.3 Å². The summed E-state index contributed by atoms with van der Waals surface area (Å²) in [6, 6.07) is 8.64. The fourth-order valence-electron chi connectivity index (χ4n) is 4.29. The van der Waals surface area contributed by atoms with Crippen molar-refractivity contribution in [2.45, 2.75) is 37.7 Å². The number of rotatable bonds is 4. The molecule has 0 N–H and O–H groups in total. The molecule has 2 aliphatic heterocycles. The molecule has 184 valence electrons. The van der Waals surface area contributed by atoms with Crippen molar-refractivity contribution in [2.75, 3.05) is 13.1 Å². The van der Waals surface area contributed by atoms with E-state index in [1.807, 2.05) is 13.8 Å². The van der Waals surface area contributed by atoms with Crippen LogP contribution in [0.15, 0.2) is 52.6 Å². The number of hydrogen-bond donors (Lipinski definition) is 0. The van der Waals surface area contributed by atoms with Gasteiger partial charge < -0.3 is 9.74 Å². The van der Waals surface area contributed by atoms with E-state index in [0.717, 1.165) is 18.2 Å². The van der Waals surface area contributed by atoms with Gasteiger partial charge in [0.25, 0.3) is 5.60 Å². The number of aliphatic imine (C=N–C) groups is 1. The Morgan fingerprint density at radius 1 is 1.17 bits per heavy atom. The van der Waals surface area contributed by atoms with Crippen LogP contribution in [-0.2, 0) is 16.1 Å². The van der Waals surface area contributed by atoms with E-state index in [9.17, 15) is 17.6 Å². The Kier molecular flexibility index (Phi) is 6.26. The molecule has 1 fully saturated rings. The molecule has 0 bridgehead atoms. The molecule has 1 atom stereocenters. The van der Waals surface area contributed by atoms with Crippen LogP contribution >= 0.6 is 11.6 Å². The highest BCUT2D eigenvalue weighted by molar-refractivity contribution is 6.30. The molecule has 0 aromatic heterocycles. The van der Waals surface area contributed by atoms with Crippen LogP contribution in [0.25, 0.3) is 0 Å². The summed E-state index contributed by atoms with van der Waals surface area (Å²) in [5.41, 5.74) is -4.17. The lowest BCUT2D eigenvalue weighted by molar-refractivity contribution is -0.275. The van der Waals surface area contributed by atoms with Gasteiger partial charge in [0.2, 0.25) is 6.19 Å². The Hall–Kier alpha value is -3.19. The second-order valence-electron chi connectivity index (χ2n) is 8.88. The molecule has 4 rings (SSSR count). The SMILES string of the molecule is CC(C)C(=NC#N)N1CC(F)(c2ccc(C3=NOC(c4ccc(F)c(Cl)c4)(C(F)(F)F)C3)cc2)C1. The Bertz CT molecular complexity index is 1230. The molecule has 2 heterocycles. The van der Waals surface area contributed by atoms with Crippen molar-refractivity contribution in [2.24, 2.45) is 16.1 Å². The lowest BCUT2D eigenvalue weighted by Gasteiger charge is -2.47. The summed E-state index contributed by atoms with van der Waals surface area (Å²) >= 11 is 5.70. The van der Waals surface area contributed by atoms with E-state index < -0.39 is 34.7 Å². The van der Waals surface area contributed by atoms with E-state index in [1.165, 1.54) is 24.3 Å². The molecule has 2 aliphatic rings. The van der Waals surface area contributed by atoms with Gasteiger partial charge in [0.05, 0.1) is 23.8 Å². The minimum absolute atomic E-state index is 0.0115. The number of likely N-dealkylation sites (tertiary alicyclic amines) is 1. The fraction of sp³-hybridized carbons (Fsp3) is 0.375. The number of benzene rings is 2. The quantitative estimate of drug-likeness (QED) is 0.217. The maximum atomic E-state index is 15.4. The zero-order chi connectivity index (χ0) is 25.6. The maximum Gasteiger partial charge on any atom is 0.435 e. The summed E-state index contributed by atoms with van der Waals surface area (Å²) < 4.78 is 71.2. The molecule has 1 saturated heterocycles. The Morgan fingerprint density at radius 2 is 1.80 bits per heavy atom. The van der Waals surface area contributed by atoms with Gasteiger partial charge in [0.15, 0.2) is 5.67 Å². The third-order valence-corrected chi connectivity index (χ3v) is 6.48. The highest BCUT2D eigenvalue weighted by Gasteiger charge is 2.62. The van der Waals surface area contributed by atoms with E-state index in [0.29, 0.717) is 17.0 Å². The molecule has 0 radical (unpaired) electrons. The molecule has 1 unspecified atom stereocenters. The van der Waals surface area contributed by atoms with Crippen LogP contribution in [0.4, 0.5) is 22.0 Å². The highest BCUT2D eigenvalue weighted by Crippen LogP contribution is 2.49. The van der Waals surface area contributed by atoms with Crippen LogP contribution in [-0.4, -0.2) is 35.7 Å². The number of amidine groups is 1. The van der Waals surface area contributed by atoms with Gasteiger partial charge in [-0.25, -0.2) is 8.78 Å². The lowest BCUT2D eigenvalue weighted by atomic mass is 9.84. The predicted octanol–water partition coefficient (Wildman–Crippen LogP) is 6.08. The zero-order valence-electron chi connectivity index (χ0n) is 18.7. The molecule has 2 aromatic carbocycles. The Morgan fingerprint density at radius 3 is 2.34 bits per heavy atom. The first kappa shape index (κ1) is 24.9. The average molecular weight is 511 g/mol. The van der Waals surface area contributed by atoms with Gasteiger partial charge in [-0.1, -0.05) is 60.9 Å². The summed E-state index contributed by atoms with van der Waals surface area (Å²) in [4.78, 5) is 10.4. The average Bonchev–Trinajstić information content (AvgIpc) is 3.24. The predicted molar refractivity (Wildman–Crippen MR) is 120 cm³/mol. The van der Waals surface area contributed by atoms with Gasteiger partial charge >= 0.3 is 6.18 Å². The molecule has 0 saturated carbocycles. The van der Waals surface area contributed by atoms with Gasteiger partial charge in [-0.05, 0) is 23.3 Å². The van der Waals surface area contributed by atoms with Crippen molar-refractivity contribution in [3.8, 4) is 6.19 Å². The molecule has 0 spiro atoms. The first-order valence-electron chi connectivity index (χ1n) is 10.7. The van der Waals surface area contributed by atoms with E-state index in [2.05, 4.69) is 10.1 Å². The summed E-state index contributed by atoms with van der Waals surface area (Å²) in [5.74, 6) is -0.400. The van der Waals surface area contributed by atoms with Crippen molar-refractivity contribution >= 4 is 23.1 Å². The second-order valence-corrected chi connectivity index (χ2v) is 9.29. The molecule has 2 aromatic rings. The van der Waals surface area contributed by atoms with Crippen LogP contribution < -0.4 is 0 Å². The fourth-order valence-corrected chi connectivity index (χ4v) is 4.47. The third-order valence-electron chi connectivity index (χ3n) is 6.20. The number of nitrogens with zero attached hydrogens (tertiary/aromatic N) is 4. The minimum atomic E-state index is -4.86. The second kappa shape index (κ2) is 8.79. The summed E-state index contributed by atoms with van der Waals surface area (Å²) in [5, 5.41) is 12.1. The molecular weight excluding hydrogens is 491 g/mol. The number of nitriles is 1. The first-order chi connectivity index (χ1) is 16.4. The molecule has 11 heteroatoms. The monoisotopic (exact) mass is 510 g/mol. The molecule has 5 nitrogen and oxygen atoms in total. The number of oxime groups is 1. The summed E-state index contributed by atoms with van der Waals surface area (Å²) in [6.07, 6.45) is -3.79. The van der Waals surface area contributed by atoms with Gasteiger partial charge in [0, 0.05) is 17.9 Å². The van der Waals surface area contributed by atoms with Crippen LogP contribution in [0.2, 0.25) is 5.02 Å². The van der Waals surface area contributed by atoms with Crippen molar-refractivity contribution in [1.29, 1.82) is 5.26 Å². The largest absolute Gasteiger partial charge is 0.435 e. The number of hydrogen-bond acceptors (Lipinski definition) is 4. The third kappa shape index (κ3) is 4.33. The minimum Gasteiger partial charge on any atom is -0.374 e. The molecule has 35 heavy (non-hydrogen) atoms. The lowest BCUT2D eigenvalue weighted by Crippen LogP contribution is -2.59. The summed E-state index contributed by atoms with van der Waals surface area (Å²) in [6.45, 7) is 3.73. The topological polar surface area (TPSA) is 61.0 Å². The van der Waals surface area contributed by atoms with E-state index >= 15 is 4.39 Å². The Labute approximate surface area is 203 Å². The van der Waals surface area contributed by atoms with Crippen molar-refractivity contribution < 1.29 is 26.8 Å². The van der Waals surface area contributed by atoms with Crippen LogP contribution in [0, 0.1) is 23.2 Å². The smallest absolute Gasteiger partial charge is 0.374 e. The van der Waals surface area contributed by atoms with Gasteiger partial charge in [-0.15, -0.1) is 0 Å². The normalized spacial score (nSPS) is 21.9. The summed E-state index contributed by atoms with van der Waals surface area (Å²) in [7, 11) is 0. The van der Waals surface area contributed by atoms with Crippen molar-refractivity contribution in [3.05, 3.63) is 70.0 Å². The standard InChI is InChI=1S/C24H20ClF5N4O/c1-14(2)21(32-13-31)34-11-22(27,12-34)16-5-3-15(4-6-16)20-10-23(35-33-20,24(28,29)30)17-7-8-19(26)18(25)9-17/h3-9,14H,10-12H2,1-2H3. The molecular formula is C24H20ClF5N4O. The number of halogens is 6. The van der Waals surface area contributed by atoms with E-state index in [1.54, 1.807) is 11.1 Å². The van der Waals surface area contributed by atoms with Crippen LogP contribution in [0.3, 0.4) is 0 Å². The van der Waals surface area contributed by atoms with E-state index in [4.69, 9.17) is 21.7 Å². The van der Waals surface area contributed by atoms with Gasteiger partial charge in [-0.3, -0.25) is 0 Å². The molecule has 0 amide bonds. The van der Waals surface area contributed by atoms with Crippen molar-refractivity contribution in [3.63, 3.8) is 0 Å². The highest BCUT2D eigenvalue weighted by atomic mass is 35.5. The van der Waals surface area contributed by atoms with Crippen molar-refractivity contribution in [1.82, 2.24) is 4.90 Å². The maximum absolute atomic E-state index is 15.4. The Balaban J connectivity index is 1.53. The first-order valence-corrected chi connectivity index (χ1v) is 11.1. The van der Waals surface area contributed by atoms with Gasteiger partial charge in [-0.2, -0.15) is 23.4 Å². The van der Waals surface area contributed by atoms with Crippen LogP contribution in [0.5, 0.6) is 0 Å². The molecule has 0 aliphatic carbocycles. The van der Waals surface area contributed by atoms with Gasteiger partial charge in [0.1, 0.15) is 11.7 Å². The number of alkyl halides is 4. The van der Waals surface area contributed by atoms with Crippen LogP contribution in [0.1, 0.15) is 37.0 Å². The zero-order valence-corrected chi connectivity index (χ0v) is 19.5.